The molecule has 2 heterocycles. The standard InChI is InChI=1S/C25H18N6O5/c1-14-3-7-16(8-4-14)22-21-23(17-9-5-15(2)6-10-17)28-29(24(21)25(32)27-26-22)19-12-11-18(30(33)34)13-20(19)31(35)36/h3-13H,1-2H3,(H,27,32). The minimum absolute atomic E-state index is 0.0353. The number of H-pyrrole nitrogens is 1. The van der Waals surface area contributed by atoms with E-state index in [4.69, 9.17) is 0 Å². The summed E-state index contributed by atoms with van der Waals surface area (Å²) in [6.45, 7) is 3.88. The number of nitrogens with one attached hydrogen (secondary N) is 1. The van der Waals surface area contributed by atoms with Gasteiger partial charge in [0.15, 0.2) is 0 Å². The molecule has 3 aromatic carbocycles. The number of nitro benzene ring substituents is 2. The normalized spacial score (nSPS) is 11.1. The van der Waals surface area contributed by atoms with Gasteiger partial charge in [-0.15, -0.1) is 0 Å². The van der Waals surface area contributed by atoms with Crippen LogP contribution in [0.5, 0.6) is 0 Å². The molecule has 178 valence electrons. The van der Waals surface area contributed by atoms with Crippen molar-refractivity contribution in [2.24, 2.45) is 0 Å². The van der Waals surface area contributed by atoms with Crippen LogP contribution in [0.15, 0.2) is 71.5 Å². The molecule has 5 rings (SSSR count). The van der Waals surface area contributed by atoms with E-state index in [-0.39, 0.29) is 11.2 Å². The van der Waals surface area contributed by atoms with E-state index in [1.54, 1.807) is 0 Å². The lowest BCUT2D eigenvalue weighted by molar-refractivity contribution is -0.394. The Kier molecular flexibility index (Phi) is 5.36. The summed E-state index contributed by atoms with van der Waals surface area (Å²) in [6, 6.07) is 18.2. The maximum Gasteiger partial charge on any atom is 0.301 e. The number of hydrogen-bond acceptors (Lipinski definition) is 7. The molecule has 0 radical (unpaired) electrons. The van der Waals surface area contributed by atoms with Gasteiger partial charge in [0.25, 0.3) is 11.2 Å². The second-order valence-electron chi connectivity index (χ2n) is 8.30. The highest BCUT2D eigenvalue weighted by Crippen LogP contribution is 2.36. The molecule has 0 amide bonds. The van der Waals surface area contributed by atoms with Gasteiger partial charge in [-0.1, -0.05) is 59.7 Å². The Morgan fingerprint density at radius 1 is 0.806 bits per heavy atom. The lowest BCUT2D eigenvalue weighted by Gasteiger charge is -2.06. The Balaban J connectivity index is 1.90. The first kappa shape index (κ1) is 22.6. The first-order chi connectivity index (χ1) is 17.2. The van der Waals surface area contributed by atoms with Crippen molar-refractivity contribution in [1.29, 1.82) is 0 Å². The number of nitro groups is 2. The van der Waals surface area contributed by atoms with E-state index in [1.165, 1.54) is 6.07 Å². The highest BCUT2D eigenvalue weighted by Gasteiger charge is 2.27. The molecule has 1 N–H and O–H groups in total. The van der Waals surface area contributed by atoms with Crippen molar-refractivity contribution in [3.63, 3.8) is 0 Å². The van der Waals surface area contributed by atoms with Gasteiger partial charge in [-0.25, -0.2) is 9.78 Å². The van der Waals surface area contributed by atoms with Crippen molar-refractivity contribution in [1.82, 2.24) is 20.0 Å². The molecule has 0 saturated heterocycles. The summed E-state index contributed by atoms with van der Waals surface area (Å²) in [4.78, 5) is 34.7. The molecule has 11 heteroatoms. The molecule has 0 spiro atoms. The number of aryl methyl sites for hydroxylation is 2. The van der Waals surface area contributed by atoms with E-state index in [9.17, 15) is 25.0 Å². The van der Waals surface area contributed by atoms with E-state index in [1.807, 2.05) is 62.4 Å². The largest absolute Gasteiger partial charge is 0.301 e. The first-order valence-corrected chi connectivity index (χ1v) is 10.8. The molecule has 0 unspecified atom stereocenters. The zero-order valence-corrected chi connectivity index (χ0v) is 19.1. The zero-order valence-electron chi connectivity index (χ0n) is 19.1. The molecule has 0 aliphatic heterocycles. The van der Waals surface area contributed by atoms with Crippen LogP contribution in [-0.4, -0.2) is 29.8 Å². The molecule has 0 bridgehead atoms. The summed E-state index contributed by atoms with van der Waals surface area (Å²) >= 11 is 0. The smallest absolute Gasteiger partial charge is 0.266 e. The maximum absolute atomic E-state index is 13.1. The van der Waals surface area contributed by atoms with Crippen molar-refractivity contribution >= 4 is 22.3 Å². The number of aromatic amines is 1. The number of nitrogens with zero attached hydrogens (tertiary/aromatic N) is 5. The summed E-state index contributed by atoms with van der Waals surface area (Å²) < 4.78 is 1.16. The zero-order chi connectivity index (χ0) is 25.6. The van der Waals surface area contributed by atoms with Gasteiger partial charge in [0, 0.05) is 17.2 Å². The number of benzene rings is 3. The Bertz CT molecular complexity index is 1720. The highest BCUT2D eigenvalue weighted by molar-refractivity contribution is 6.02. The molecule has 5 aromatic rings. The number of aromatic nitrogens is 4. The predicted octanol–water partition coefficient (Wildman–Crippen LogP) is 4.88. The lowest BCUT2D eigenvalue weighted by atomic mass is 10.0. The van der Waals surface area contributed by atoms with Crippen LogP contribution in [0.3, 0.4) is 0 Å². The van der Waals surface area contributed by atoms with E-state index in [2.05, 4.69) is 15.3 Å². The lowest BCUT2D eigenvalue weighted by Crippen LogP contribution is -2.14. The quantitative estimate of drug-likeness (QED) is 0.277. The van der Waals surface area contributed by atoms with E-state index < -0.39 is 26.8 Å². The maximum atomic E-state index is 13.1. The van der Waals surface area contributed by atoms with Crippen LogP contribution in [0.25, 0.3) is 39.1 Å². The molecule has 36 heavy (non-hydrogen) atoms. The molecule has 0 aliphatic rings. The molecule has 2 aromatic heterocycles. The second-order valence-corrected chi connectivity index (χ2v) is 8.30. The van der Waals surface area contributed by atoms with Gasteiger partial charge in [-0.2, -0.15) is 10.2 Å². The fourth-order valence-electron chi connectivity index (χ4n) is 4.03. The van der Waals surface area contributed by atoms with Crippen molar-refractivity contribution < 1.29 is 9.85 Å². The molecule has 0 aliphatic carbocycles. The molecular weight excluding hydrogens is 464 g/mol. The minimum Gasteiger partial charge on any atom is -0.266 e. The van der Waals surface area contributed by atoms with E-state index in [0.717, 1.165) is 27.9 Å². The average molecular weight is 482 g/mol. The molecular formula is C25H18N6O5. The van der Waals surface area contributed by atoms with Gasteiger partial charge < -0.3 is 0 Å². The van der Waals surface area contributed by atoms with Gasteiger partial charge in [0.1, 0.15) is 22.6 Å². The predicted molar refractivity (Wildman–Crippen MR) is 133 cm³/mol. The van der Waals surface area contributed by atoms with Crippen LogP contribution < -0.4 is 5.56 Å². The Morgan fingerprint density at radius 2 is 1.39 bits per heavy atom. The molecule has 11 nitrogen and oxygen atoms in total. The number of hydrogen-bond donors (Lipinski definition) is 1. The second kappa shape index (κ2) is 8.55. The summed E-state index contributed by atoms with van der Waals surface area (Å²) in [5.41, 5.74) is 2.62. The Morgan fingerprint density at radius 3 is 1.94 bits per heavy atom. The Hall–Kier alpha value is -5.19. The third kappa shape index (κ3) is 3.78. The van der Waals surface area contributed by atoms with Gasteiger partial charge in [0.05, 0.1) is 21.3 Å². The molecule has 0 fully saturated rings. The number of fused-ring (bicyclic) bond motifs is 1. The van der Waals surface area contributed by atoms with Crippen LogP contribution in [-0.2, 0) is 0 Å². The fourth-order valence-corrected chi connectivity index (χ4v) is 4.03. The summed E-state index contributed by atoms with van der Waals surface area (Å²) in [5, 5.41) is 34.9. The van der Waals surface area contributed by atoms with Gasteiger partial charge in [-0.05, 0) is 19.9 Å². The minimum atomic E-state index is -0.738. The SMILES string of the molecule is Cc1ccc(-c2n[nH]c(=O)c3c2c(-c2ccc(C)cc2)nn3-c2ccc([N+](=O)[O-])cc2[N+](=O)[O-])cc1. The molecule has 0 atom stereocenters. The van der Waals surface area contributed by atoms with Crippen LogP contribution in [0.4, 0.5) is 11.4 Å². The van der Waals surface area contributed by atoms with Crippen LogP contribution >= 0.6 is 0 Å². The summed E-state index contributed by atoms with van der Waals surface area (Å²) in [7, 11) is 0. The highest BCUT2D eigenvalue weighted by atomic mass is 16.6. The van der Waals surface area contributed by atoms with Crippen molar-refractivity contribution in [2.75, 3.05) is 0 Å². The number of non-ortho nitro benzene ring substituents is 1. The van der Waals surface area contributed by atoms with E-state index >= 15 is 0 Å². The summed E-state index contributed by atoms with van der Waals surface area (Å²) in [5.74, 6) is 0. The van der Waals surface area contributed by atoms with Crippen LogP contribution in [0.1, 0.15) is 11.1 Å². The summed E-state index contributed by atoms with van der Waals surface area (Å²) in [6.07, 6.45) is 0. The van der Waals surface area contributed by atoms with Crippen LogP contribution in [0.2, 0.25) is 0 Å². The third-order valence-corrected chi connectivity index (χ3v) is 5.85. The first-order valence-electron chi connectivity index (χ1n) is 10.8. The fraction of sp³-hybridized carbons (Fsp3) is 0.0800. The number of rotatable bonds is 5. The van der Waals surface area contributed by atoms with Crippen molar-refractivity contribution in [2.45, 2.75) is 13.8 Å². The van der Waals surface area contributed by atoms with Crippen molar-refractivity contribution in [3.8, 4) is 28.2 Å². The monoisotopic (exact) mass is 482 g/mol. The average Bonchev–Trinajstić information content (AvgIpc) is 3.26. The van der Waals surface area contributed by atoms with Gasteiger partial charge >= 0.3 is 5.69 Å². The Labute approximate surface area is 202 Å². The van der Waals surface area contributed by atoms with Gasteiger partial charge in [0.2, 0.25) is 0 Å². The molecule has 0 saturated carbocycles. The van der Waals surface area contributed by atoms with Crippen LogP contribution in [0, 0.1) is 34.1 Å². The van der Waals surface area contributed by atoms with Crippen molar-refractivity contribution in [3.05, 3.63) is 108 Å². The van der Waals surface area contributed by atoms with E-state index in [0.29, 0.717) is 27.9 Å². The van der Waals surface area contributed by atoms with Gasteiger partial charge in [-0.3, -0.25) is 25.0 Å². The third-order valence-electron chi connectivity index (χ3n) is 5.85. The topological polar surface area (TPSA) is 150 Å².